The molecule has 0 aliphatic carbocycles. The summed E-state index contributed by atoms with van der Waals surface area (Å²) in [5, 5.41) is 22.1. The molecule has 0 bridgehead atoms. The van der Waals surface area contributed by atoms with E-state index in [1.165, 1.54) is 19.2 Å². The van der Waals surface area contributed by atoms with Crippen molar-refractivity contribution in [2.24, 2.45) is 0 Å². The van der Waals surface area contributed by atoms with Crippen LogP contribution in [0.25, 0.3) is 6.08 Å². The molecule has 0 unspecified atom stereocenters. The highest BCUT2D eigenvalue weighted by Crippen LogP contribution is 2.35. The summed E-state index contributed by atoms with van der Waals surface area (Å²) in [6.07, 6.45) is 1.54. The van der Waals surface area contributed by atoms with Gasteiger partial charge in [0, 0.05) is 5.56 Å². The van der Waals surface area contributed by atoms with Crippen molar-refractivity contribution in [1.82, 2.24) is 4.90 Å². The van der Waals surface area contributed by atoms with Crippen molar-refractivity contribution in [3.05, 3.63) is 86.2 Å². The number of carbonyl (C=O) groups excluding carboxylic acids is 3. The van der Waals surface area contributed by atoms with Crippen molar-refractivity contribution < 1.29 is 29.3 Å². The minimum atomic E-state index is -0.553. The molecule has 36 heavy (non-hydrogen) atoms. The van der Waals surface area contributed by atoms with Crippen LogP contribution in [0.4, 0.5) is 10.5 Å². The number of methoxy groups -OCH3 is 1. The number of hydrogen-bond donors (Lipinski definition) is 3. The number of anilines is 1. The third-order valence-electron chi connectivity index (χ3n) is 5.21. The monoisotopic (exact) mass is 544 g/mol. The second kappa shape index (κ2) is 10.5. The molecule has 0 saturated carbocycles. The number of phenolic OH excluding ortho intramolecular Hbond substituents is 2. The van der Waals surface area contributed by atoms with Crippen LogP contribution in [0, 0.1) is 0 Å². The number of rotatable bonds is 6. The van der Waals surface area contributed by atoms with E-state index in [2.05, 4.69) is 5.32 Å². The van der Waals surface area contributed by atoms with E-state index in [-0.39, 0.29) is 22.8 Å². The maximum absolute atomic E-state index is 12.9. The van der Waals surface area contributed by atoms with Crippen LogP contribution in [0.15, 0.2) is 59.5 Å². The van der Waals surface area contributed by atoms with Crippen LogP contribution >= 0.6 is 35.0 Å². The van der Waals surface area contributed by atoms with Crippen LogP contribution in [0.1, 0.15) is 21.5 Å². The minimum absolute atomic E-state index is 0.0439. The zero-order valence-electron chi connectivity index (χ0n) is 18.6. The average molecular weight is 545 g/mol. The van der Waals surface area contributed by atoms with Gasteiger partial charge in [0.15, 0.2) is 11.5 Å². The molecule has 0 spiro atoms. The minimum Gasteiger partial charge on any atom is -0.504 e. The summed E-state index contributed by atoms with van der Waals surface area (Å²) in [6.45, 7) is 0.0439. The van der Waals surface area contributed by atoms with Crippen LogP contribution in [0.5, 0.6) is 17.2 Å². The van der Waals surface area contributed by atoms with Crippen LogP contribution in [0.3, 0.4) is 0 Å². The third kappa shape index (κ3) is 5.43. The predicted molar refractivity (Wildman–Crippen MR) is 139 cm³/mol. The standard InChI is InChI=1S/C25H18Cl2N2O6S/c1-35-21-7-3-13(9-18(21)28-23(32)15-4-6-19(30)20(31)11-15)10-22-24(33)29(25(34)36-22)12-14-2-5-16(26)17(27)8-14/h2-11,30-31H,12H2,1H3,(H,28,32). The lowest BCUT2D eigenvalue weighted by Gasteiger charge is -2.13. The van der Waals surface area contributed by atoms with Crippen molar-refractivity contribution in [2.75, 3.05) is 12.4 Å². The van der Waals surface area contributed by atoms with Crippen molar-refractivity contribution in [2.45, 2.75) is 6.54 Å². The van der Waals surface area contributed by atoms with Gasteiger partial charge < -0.3 is 20.3 Å². The highest BCUT2D eigenvalue weighted by atomic mass is 35.5. The summed E-state index contributed by atoms with van der Waals surface area (Å²) >= 11 is 12.8. The van der Waals surface area contributed by atoms with E-state index in [1.54, 1.807) is 42.5 Å². The smallest absolute Gasteiger partial charge is 0.293 e. The van der Waals surface area contributed by atoms with Crippen molar-refractivity contribution in [1.29, 1.82) is 0 Å². The molecule has 3 aromatic rings. The molecule has 1 aliphatic heterocycles. The molecule has 11 heteroatoms. The Hall–Kier alpha value is -3.66. The van der Waals surface area contributed by atoms with Gasteiger partial charge in [-0.25, -0.2) is 0 Å². The number of amides is 3. The molecule has 1 aliphatic rings. The zero-order chi connectivity index (χ0) is 26.0. The molecule has 3 amide bonds. The summed E-state index contributed by atoms with van der Waals surface area (Å²) in [6, 6.07) is 13.4. The van der Waals surface area contributed by atoms with Gasteiger partial charge >= 0.3 is 0 Å². The van der Waals surface area contributed by atoms with Gasteiger partial charge in [-0.05, 0) is 71.4 Å². The van der Waals surface area contributed by atoms with Gasteiger partial charge in [0.25, 0.3) is 17.1 Å². The van der Waals surface area contributed by atoms with E-state index in [0.29, 0.717) is 32.6 Å². The second-order valence-corrected chi connectivity index (χ2v) is 9.44. The summed E-state index contributed by atoms with van der Waals surface area (Å²) in [4.78, 5) is 39.4. The molecule has 1 fully saturated rings. The molecule has 0 aromatic heterocycles. The molecule has 3 aromatic carbocycles. The Morgan fingerprint density at radius 1 is 1.03 bits per heavy atom. The van der Waals surface area contributed by atoms with E-state index in [0.717, 1.165) is 22.7 Å². The van der Waals surface area contributed by atoms with E-state index < -0.39 is 22.8 Å². The van der Waals surface area contributed by atoms with Gasteiger partial charge in [-0.2, -0.15) is 0 Å². The Morgan fingerprint density at radius 3 is 2.50 bits per heavy atom. The van der Waals surface area contributed by atoms with Gasteiger partial charge in [-0.1, -0.05) is 35.3 Å². The number of nitrogens with zero attached hydrogens (tertiary/aromatic N) is 1. The lowest BCUT2D eigenvalue weighted by Crippen LogP contribution is -2.27. The van der Waals surface area contributed by atoms with E-state index in [1.807, 2.05) is 0 Å². The fourth-order valence-corrected chi connectivity index (χ4v) is 4.54. The number of imide groups is 1. The Balaban J connectivity index is 1.56. The normalized spacial score (nSPS) is 14.4. The Bertz CT molecular complexity index is 1430. The maximum Gasteiger partial charge on any atom is 0.293 e. The highest BCUT2D eigenvalue weighted by molar-refractivity contribution is 8.18. The first kappa shape index (κ1) is 25.4. The average Bonchev–Trinajstić information content (AvgIpc) is 3.10. The Labute approximate surface area is 220 Å². The first-order chi connectivity index (χ1) is 17.2. The number of benzene rings is 3. The lowest BCUT2D eigenvalue weighted by molar-refractivity contribution is -0.123. The number of hydrogen-bond acceptors (Lipinski definition) is 7. The third-order valence-corrected chi connectivity index (χ3v) is 6.85. The van der Waals surface area contributed by atoms with Gasteiger partial charge in [0.1, 0.15) is 5.75 Å². The molecule has 0 radical (unpaired) electrons. The van der Waals surface area contributed by atoms with Crippen LogP contribution < -0.4 is 10.1 Å². The molecule has 0 atom stereocenters. The zero-order valence-corrected chi connectivity index (χ0v) is 20.9. The molecular weight excluding hydrogens is 527 g/mol. The topological polar surface area (TPSA) is 116 Å². The summed E-state index contributed by atoms with van der Waals surface area (Å²) < 4.78 is 5.31. The fraction of sp³-hybridized carbons (Fsp3) is 0.0800. The molecule has 3 N–H and O–H groups in total. The van der Waals surface area contributed by atoms with Crippen LogP contribution in [-0.2, 0) is 11.3 Å². The van der Waals surface area contributed by atoms with Crippen molar-refractivity contribution >= 4 is 63.8 Å². The SMILES string of the molecule is COc1ccc(C=C2SC(=O)N(Cc3ccc(Cl)c(Cl)c3)C2=O)cc1NC(=O)c1ccc(O)c(O)c1. The van der Waals surface area contributed by atoms with Crippen molar-refractivity contribution in [3.63, 3.8) is 0 Å². The molecule has 1 saturated heterocycles. The van der Waals surface area contributed by atoms with Crippen LogP contribution in [-0.4, -0.2) is 39.3 Å². The molecule has 8 nitrogen and oxygen atoms in total. The molecule has 1 heterocycles. The van der Waals surface area contributed by atoms with Crippen LogP contribution in [0.2, 0.25) is 10.0 Å². The number of halogens is 2. The molecular formula is C25H18Cl2N2O6S. The van der Waals surface area contributed by atoms with Gasteiger partial charge in [0.05, 0.1) is 34.3 Å². The fourth-order valence-electron chi connectivity index (χ4n) is 3.38. The van der Waals surface area contributed by atoms with Gasteiger partial charge in [0.2, 0.25) is 0 Å². The Kier molecular flexibility index (Phi) is 7.44. The largest absolute Gasteiger partial charge is 0.504 e. The molecule has 184 valence electrons. The number of phenols is 2. The van der Waals surface area contributed by atoms with Gasteiger partial charge in [-0.3, -0.25) is 19.3 Å². The first-order valence-corrected chi connectivity index (χ1v) is 11.9. The number of thioether (sulfide) groups is 1. The molecule has 4 rings (SSSR count). The number of carbonyl (C=O) groups is 3. The van der Waals surface area contributed by atoms with Gasteiger partial charge in [-0.15, -0.1) is 0 Å². The second-order valence-electron chi connectivity index (χ2n) is 7.63. The lowest BCUT2D eigenvalue weighted by atomic mass is 10.1. The summed E-state index contributed by atoms with van der Waals surface area (Å²) in [7, 11) is 1.44. The number of ether oxygens (including phenoxy) is 1. The highest BCUT2D eigenvalue weighted by Gasteiger charge is 2.35. The van der Waals surface area contributed by atoms with E-state index in [4.69, 9.17) is 27.9 Å². The van der Waals surface area contributed by atoms with E-state index >= 15 is 0 Å². The van der Waals surface area contributed by atoms with Crippen molar-refractivity contribution in [3.8, 4) is 17.2 Å². The first-order valence-electron chi connectivity index (χ1n) is 10.4. The maximum atomic E-state index is 12.9. The number of nitrogens with one attached hydrogen (secondary N) is 1. The Morgan fingerprint density at radius 2 is 1.81 bits per heavy atom. The predicted octanol–water partition coefficient (Wildman–Crippen LogP) is 5.90. The summed E-state index contributed by atoms with van der Waals surface area (Å²) in [5.41, 5.74) is 1.61. The number of aromatic hydroxyl groups is 2. The van der Waals surface area contributed by atoms with E-state index in [9.17, 15) is 24.6 Å². The quantitative estimate of drug-likeness (QED) is 0.261. The summed E-state index contributed by atoms with van der Waals surface area (Å²) in [5.74, 6) is -1.44.